The Labute approximate surface area is 167 Å². The van der Waals surface area contributed by atoms with Crippen molar-refractivity contribution in [3.05, 3.63) is 59.5 Å². The van der Waals surface area contributed by atoms with Crippen LogP contribution in [0.25, 0.3) is 11.5 Å². The number of benzene rings is 2. The molecule has 0 saturated heterocycles. The Bertz CT molecular complexity index is 1140. The van der Waals surface area contributed by atoms with Crippen LogP contribution in [0.3, 0.4) is 0 Å². The third-order valence-corrected chi connectivity index (χ3v) is 5.00. The summed E-state index contributed by atoms with van der Waals surface area (Å²) in [6, 6.07) is 11.2. The van der Waals surface area contributed by atoms with Gasteiger partial charge < -0.3 is 13.9 Å². The Morgan fingerprint density at radius 3 is 2.45 bits per heavy atom. The molecule has 2 N–H and O–H groups in total. The summed E-state index contributed by atoms with van der Waals surface area (Å²) in [6.45, 7) is 3.52. The number of nitrogens with zero attached hydrogens (tertiary/aromatic N) is 2. The molecular formula is C19H19N3O6S. The van der Waals surface area contributed by atoms with Gasteiger partial charge in [-0.25, -0.2) is 18.4 Å². The molecule has 1 atom stereocenters. The summed E-state index contributed by atoms with van der Waals surface area (Å²) < 4.78 is 39.2. The average Bonchev–Trinajstić information content (AvgIpc) is 3.17. The van der Waals surface area contributed by atoms with Gasteiger partial charge in [0.1, 0.15) is 11.3 Å². The average molecular weight is 417 g/mol. The highest BCUT2D eigenvalue weighted by atomic mass is 32.2. The molecule has 9 nitrogen and oxygen atoms in total. The topological polar surface area (TPSA) is 135 Å². The Morgan fingerprint density at radius 2 is 1.83 bits per heavy atom. The standard InChI is InChI=1S/C19H19N3O6S/c1-11-4-6-13(7-5-11)18-22-21-17(28-18)12(2)27-19(23)15-10-14(29(20,24)25)8-9-16(15)26-3/h4-10,12H,1-3H3,(H2,20,24,25)/t12-/m0/s1. The summed E-state index contributed by atoms with van der Waals surface area (Å²) >= 11 is 0. The van der Waals surface area contributed by atoms with E-state index >= 15 is 0 Å². The molecule has 0 fully saturated rings. The maximum atomic E-state index is 12.6. The number of nitrogens with two attached hydrogens (primary N) is 1. The van der Waals surface area contributed by atoms with Gasteiger partial charge in [0.25, 0.3) is 5.89 Å². The van der Waals surface area contributed by atoms with Gasteiger partial charge in [0, 0.05) is 5.56 Å². The zero-order valence-corrected chi connectivity index (χ0v) is 16.8. The molecule has 0 bridgehead atoms. The van der Waals surface area contributed by atoms with E-state index in [2.05, 4.69) is 10.2 Å². The smallest absolute Gasteiger partial charge is 0.342 e. The molecule has 1 aromatic heterocycles. The summed E-state index contributed by atoms with van der Waals surface area (Å²) in [4.78, 5) is 12.3. The first kappa shape index (κ1) is 20.5. The van der Waals surface area contributed by atoms with Crippen LogP contribution in [0.1, 0.15) is 34.8 Å². The molecule has 0 aliphatic rings. The number of aryl methyl sites for hydroxylation is 1. The SMILES string of the molecule is COc1ccc(S(N)(=O)=O)cc1C(=O)O[C@@H](C)c1nnc(-c2ccc(C)cc2)o1. The van der Waals surface area contributed by atoms with Crippen molar-refractivity contribution in [1.29, 1.82) is 0 Å². The minimum Gasteiger partial charge on any atom is -0.496 e. The monoisotopic (exact) mass is 417 g/mol. The van der Waals surface area contributed by atoms with Crippen LogP contribution < -0.4 is 9.88 Å². The molecule has 1 heterocycles. The molecule has 10 heteroatoms. The molecule has 29 heavy (non-hydrogen) atoms. The molecule has 3 aromatic rings. The van der Waals surface area contributed by atoms with E-state index in [4.69, 9.17) is 19.0 Å². The molecule has 2 aromatic carbocycles. The number of ether oxygens (including phenoxy) is 2. The van der Waals surface area contributed by atoms with Crippen molar-refractivity contribution < 1.29 is 27.1 Å². The molecule has 0 amide bonds. The van der Waals surface area contributed by atoms with Gasteiger partial charge in [0.05, 0.1) is 12.0 Å². The first-order chi connectivity index (χ1) is 13.7. The molecular weight excluding hydrogens is 398 g/mol. The molecule has 0 spiro atoms. The number of sulfonamides is 1. The van der Waals surface area contributed by atoms with Crippen LogP contribution in [0.2, 0.25) is 0 Å². The second kappa shape index (κ2) is 8.02. The number of hydrogen-bond donors (Lipinski definition) is 1. The van der Waals surface area contributed by atoms with E-state index in [1.165, 1.54) is 19.2 Å². The number of rotatable bonds is 6. The predicted octanol–water partition coefficient (Wildman–Crippen LogP) is 2.62. The Hall–Kier alpha value is -3.24. The fourth-order valence-electron chi connectivity index (χ4n) is 2.51. The molecule has 152 valence electrons. The van der Waals surface area contributed by atoms with Gasteiger partial charge in [0.2, 0.25) is 15.9 Å². The molecule has 0 unspecified atom stereocenters. The van der Waals surface area contributed by atoms with Gasteiger partial charge in [-0.1, -0.05) is 17.7 Å². The van der Waals surface area contributed by atoms with E-state index < -0.39 is 22.1 Å². The summed E-state index contributed by atoms with van der Waals surface area (Å²) in [7, 11) is -2.65. The number of carbonyl (C=O) groups excluding carboxylic acids is 1. The maximum Gasteiger partial charge on any atom is 0.342 e. The van der Waals surface area contributed by atoms with Gasteiger partial charge in [-0.2, -0.15) is 0 Å². The Kier molecular flexibility index (Phi) is 5.66. The molecule has 0 aliphatic carbocycles. The number of methoxy groups -OCH3 is 1. The van der Waals surface area contributed by atoms with Crippen molar-refractivity contribution in [2.75, 3.05) is 7.11 Å². The van der Waals surface area contributed by atoms with E-state index in [9.17, 15) is 13.2 Å². The van der Waals surface area contributed by atoms with Crippen molar-refractivity contribution >= 4 is 16.0 Å². The van der Waals surface area contributed by atoms with Crippen molar-refractivity contribution in [2.45, 2.75) is 24.8 Å². The highest BCUT2D eigenvalue weighted by molar-refractivity contribution is 7.89. The lowest BCUT2D eigenvalue weighted by Gasteiger charge is -2.12. The van der Waals surface area contributed by atoms with Crippen molar-refractivity contribution in [1.82, 2.24) is 10.2 Å². The highest BCUT2D eigenvalue weighted by Crippen LogP contribution is 2.27. The number of carbonyl (C=O) groups is 1. The molecule has 0 radical (unpaired) electrons. The minimum atomic E-state index is -4.00. The number of esters is 1. The second-order valence-corrected chi connectivity index (χ2v) is 7.83. The molecule has 0 saturated carbocycles. The van der Waals surface area contributed by atoms with E-state index in [1.54, 1.807) is 6.92 Å². The summed E-state index contributed by atoms with van der Waals surface area (Å²) in [5.41, 5.74) is 1.73. The first-order valence-corrected chi connectivity index (χ1v) is 10.1. The van der Waals surface area contributed by atoms with Gasteiger partial charge in [-0.3, -0.25) is 0 Å². The van der Waals surface area contributed by atoms with Crippen LogP contribution in [0.4, 0.5) is 0 Å². The highest BCUT2D eigenvalue weighted by Gasteiger charge is 2.23. The van der Waals surface area contributed by atoms with Crippen LogP contribution in [0.15, 0.2) is 51.8 Å². The summed E-state index contributed by atoms with van der Waals surface area (Å²) in [5, 5.41) is 13.0. The quantitative estimate of drug-likeness (QED) is 0.605. The van der Waals surface area contributed by atoms with Gasteiger partial charge >= 0.3 is 5.97 Å². The summed E-state index contributed by atoms with van der Waals surface area (Å²) in [6.07, 6.45) is -0.878. The van der Waals surface area contributed by atoms with Crippen LogP contribution in [0.5, 0.6) is 5.75 Å². The maximum absolute atomic E-state index is 12.6. The van der Waals surface area contributed by atoms with Crippen LogP contribution in [-0.2, 0) is 14.8 Å². The fraction of sp³-hybridized carbons (Fsp3) is 0.211. The van der Waals surface area contributed by atoms with E-state index in [1.807, 2.05) is 31.2 Å². The Balaban J connectivity index is 1.81. The van der Waals surface area contributed by atoms with E-state index in [-0.39, 0.29) is 28.0 Å². The number of aromatic nitrogens is 2. The third-order valence-electron chi connectivity index (χ3n) is 4.09. The van der Waals surface area contributed by atoms with E-state index in [0.717, 1.165) is 17.2 Å². The number of primary sulfonamides is 1. The predicted molar refractivity (Wildman–Crippen MR) is 103 cm³/mol. The van der Waals surface area contributed by atoms with Crippen LogP contribution >= 0.6 is 0 Å². The number of hydrogen-bond acceptors (Lipinski definition) is 8. The normalized spacial score (nSPS) is 12.4. The van der Waals surface area contributed by atoms with Gasteiger partial charge in [-0.05, 0) is 44.2 Å². The van der Waals surface area contributed by atoms with Gasteiger partial charge in [0.15, 0.2) is 6.10 Å². The van der Waals surface area contributed by atoms with Crippen LogP contribution in [0, 0.1) is 6.92 Å². The lowest BCUT2D eigenvalue weighted by molar-refractivity contribution is 0.0276. The van der Waals surface area contributed by atoms with Crippen molar-refractivity contribution in [3.63, 3.8) is 0 Å². The van der Waals surface area contributed by atoms with E-state index in [0.29, 0.717) is 0 Å². The van der Waals surface area contributed by atoms with Crippen LogP contribution in [-0.4, -0.2) is 31.7 Å². The second-order valence-electron chi connectivity index (χ2n) is 6.27. The molecule has 3 rings (SSSR count). The fourth-order valence-corrected chi connectivity index (χ4v) is 3.05. The zero-order valence-electron chi connectivity index (χ0n) is 15.9. The van der Waals surface area contributed by atoms with Crippen molar-refractivity contribution in [3.8, 4) is 17.2 Å². The summed E-state index contributed by atoms with van der Waals surface area (Å²) in [5.74, 6) is -0.303. The largest absolute Gasteiger partial charge is 0.496 e. The minimum absolute atomic E-state index is 0.0930. The Morgan fingerprint density at radius 1 is 1.14 bits per heavy atom. The zero-order chi connectivity index (χ0) is 21.2. The lowest BCUT2D eigenvalue weighted by atomic mass is 10.1. The van der Waals surface area contributed by atoms with Gasteiger partial charge in [-0.15, -0.1) is 10.2 Å². The third kappa shape index (κ3) is 4.61. The van der Waals surface area contributed by atoms with Crippen molar-refractivity contribution in [2.24, 2.45) is 5.14 Å². The first-order valence-electron chi connectivity index (χ1n) is 8.51. The lowest BCUT2D eigenvalue weighted by Crippen LogP contribution is -2.15. The molecule has 0 aliphatic heterocycles.